The lowest BCUT2D eigenvalue weighted by Crippen LogP contribution is -2.49. The summed E-state index contributed by atoms with van der Waals surface area (Å²) in [5, 5.41) is 0. The minimum atomic E-state index is -1.47. The molecule has 8 heteroatoms. The number of benzene rings is 3. The fourth-order valence-corrected chi connectivity index (χ4v) is 5.49. The van der Waals surface area contributed by atoms with Crippen LogP contribution in [-0.4, -0.2) is 17.6 Å². The van der Waals surface area contributed by atoms with Crippen LogP contribution in [0.1, 0.15) is 11.1 Å². The number of carbonyl (C=O) groups excluding carboxylic acids is 2. The first-order valence-corrected chi connectivity index (χ1v) is 10.5. The Hall–Kier alpha value is -3.26. The average Bonchev–Trinajstić information content (AvgIpc) is 3.23. The monoisotopic (exact) mass is 440 g/mol. The Bertz CT molecular complexity index is 1230. The second-order valence-electron chi connectivity index (χ2n) is 7.26. The van der Waals surface area contributed by atoms with Crippen LogP contribution in [0.3, 0.4) is 0 Å². The van der Waals surface area contributed by atoms with Crippen LogP contribution in [-0.2, 0) is 21.0 Å². The van der Waals surface area contributed by atoms with Gasteiger partial charge < -0.3 is 4.90 Å². The third-order valence-corrected chi connectivity index (χ3v) is 6.90. The largest absolute Gasteiger partial charge is 0.304 e. The highest BCUT2D eigenvalue weighted by Gasteiger charge is 2.61. The van der Waals surface area contributed by atoms with Gasteiger partial charge in [-0.2, -0.15) is 0 Å². The van der Waals surface area contributed by atoms with Gasteiger partial charge in [0.15, 0.2) is 11.6 Å². The molecule has 0 N–H and O–H groups in total. The number of hydrogen-bond donors (Lipinski definition) is 0. The SMILES string of the molecule is O=C1CS[C@]2(C(=O)N(Cc3ccccc3F)c3ccccc32)N1c1ccc(F)c(F)c1. The van der Waals surface area contributed by atoms with Crippen molar-refractivity contribution in [1.82, 2.24) is 0 Å². The highest BCUT2D eigenvalue weighted by Crippen LogP contribution is 2.56. The lowest BCUT2D eigenvalue weighted by Gasteiger charge is -2.33. The van der Waals surface area contributed by atoms with Crippen molar-refractivity contribution in [1.29, 1.82) is 0 Å². The minimum absolute atomic E-state index is 0.00733. The third-order valence-electron chi connectivity index (χ3n) is 5.51. The normalized spacial score (nSPS) is 20.1. The molecule has 0 aromatic heterocycles. The Morgan fingerprint density at radius 2 is 1.61 bits per heavy atom. The molecule has 3 aromatic rings. The molecule has 0 unspecified atom stereocenters. The fourth-order valence-electron chi connectivity index (χ4n) is 4.13. The summed E-state index contributed by atoms with van der Waals surface area (Å²) in [6.45, 7) is -0.0232. The molecule has 0 aliphatic carbocycles. The Balaban J connectivity index is 1.66. The van der Waals surface area contributed by atoms with E-state index in [1.165, 1.54) is 21.9 Å². The smallest absolute Gasteiger partial charge is 0.269 e. The van der Waals surface area contributed by atoms with Gasteiger partial charge in [-0.05, 0) is 24.3 Å². The van der Waals surface area contributed by atoms with E-state index in [1.54, 1.807) is 42.5 Å². The van der Waals surface area contributed by atoms with Crippen molar-refractivity contribution in [2.45, 2.75) is 11.4 Å². The molecule has 1 saturated heterocycles. The highest BCUT2D eigenvalue weighted by atomic mass is 32.2. The summed E-state index contributed by atoms with van der Waals surface area (Å²) in [5.74, 6) is -3.44. The topological polar surface area (TPSA) is 40.6 Å². The molecule has 4 nitrogen and oxygen atoms in total. The maximum Gasteiger partial charge on any atom is 0.269 e. The Morgan fingerprint density at radius 3 is 2.39 bits per heavy atom. The van der Waals surface area contributed by atoms with Gasteiger partial charge >= 0.3 is 0 Å². The van der Waals surface area contributed by atoms with Crippen LogP contribution in [0.15, 0.2) is 66.7 Å². The van der Waals surface area contributed by atoms with E-state index >= 15 is 0 Å². The summed E-state index contributed by atoms with van der Waals surface area (Å²) in [4.78, 5) is 27.9. The van der Waals surface area contributed by atoms with Gasteiger partial charge in [-0.3, -0.25) is 14.5 Å². The maximum atomic E-state index is 14.3. The second kappa shape index (κ2) is 7.16. The molecule has 0 bridgehead atoms. The lowest BCUT2D eigenvalue weighted by molar-refractivity contribution is -0.123. The molecular formula is C23H15F3N2O2S. The first-order chi connectivity index (χ1) is 14.9. The molecule has 1 fully saturated rings. The van der Waals surface area contributed by atoms with E-state index < -0.39 is 34.1 Å². The molecule has 5 rings (SSSR count). The number of anilines is 2. The molecule has 0 saturated carbocycles. The number of amides is 2. The fraction of sp³-hybridized carbons (Fsp3) is 0.130. The molecule has 2 amide bonds. The molecule has 0 radical (unpaired) electrons. The summed E-state index contributed by atoms with van der Waals surface area (Å²) >= 11 is 1.12. The Kier molecular flexibility index (Phi) is 4.55. The molecule has 2 aliphatic heterocycles. The quantitative estimate of drug-likeness (QED) is 0.599. The zero-order valence-electron chi connectivity index (χ0n) is 16.0. The van der Waals surface area contributed by atoms with Crippen molar-refractivity contribution in [3.63, 3.8) is 0 Å². The summed E-state index contributed by atoms with van der Waals surface area (Å²) in [5.41, 5.74) is 1.52. The number of para-hydroxylation sites is 1. The first kappa shape index (κ1) is 19.7. The molecule has 1 atom stereocenters. The van der Waals surface area contributed by atoms with Gasteiger partial charge in [-0.15, -0.1) is 11.8 Å². The summed E-state index contributed by atoms with van der Waals surface area (Å²) in [7, 11) is 0. The van der Waals surface area contributed by atoms with Crippen LogP contribution in [0, 0.1) is 17.5 Å². The van der Waals surface area contributed by atoms with E-state index in [0.717, 1.165) is 23.9 Å². The maximum absolute atomic E-state index is 14.3. The Morgan fingerprint density at radius 1 is 0.871 bits per heavy atom. The number of halogens is 3. The zero-order valence-corrected chi connectivity index (χ0v) is 16.8. The van der Waals surface area contributed by atoms with Crippen molar-refractivity contribution in [3.8, 4) is 0 Å². The van der Waals surface area contributed by atoms with Crippen LogP contribution in [0.4, 0.5) is 24.5 Å². The standard InChI is InChI=1S/C23H15F3N2O2S/c24-17-7-3-1-5-14(17)12-27-20-8-4-2-6-16(20)23(22(27)30)28(21(29)13-31-23)15-9-10-18(25)19(26)11-15/h1-11H,12-13H2/t23-/m1/s1. The molecule has 2 aliphatic rings. The number of nitrogens with zero attached hydrogens (tertiary/aromatic N) is 2. The molecule has 156 valence electrons. The van der Waals surface area contributed by atoms with E-state index in [4.69, 9.17) is 0 Å². The van der Waals surface area contributed by atoms with Gasteiger partial charge in [-0.1, -0.05) is 36.4 Å². The summed E-state index contributed by atoms with van der Waals surface area (Å²) < 4.78 is 41.8. The molecule has 3 aromatic carbocycles. The number of carbonyl (C=O) groups is 2. The number of rotatable bonds is 3. The van der Waals surface area contributed by atoms with Crippen LogP contribution in [0.5, 0.6) is 0 Å². The zero-order chi connectivity index (χ0) is 21.8. The predicted octanol–water partition coefficient (Wildman–Crippen LogP) is 4.58. The van der Waals surface area contributed by atoms with Crippen LogP contribution < -0.4 is 9.80 Å². The van der Waals surface area contributed by atoms with E-state index in [0.29, 0.717) is 16.8 Å². The van der Waals surface area contributed by atoms with Gasteiger partial charge in [0.25, 0.3) is 5.91 Å². The van der Waals surface area contributed by atoms with Crippen molar-refractivity contribution >= 4 is 35.0 Å². The number of hydrogen-bond acceptors (Lipinski definition) is 3. The lowest BCUT2D eigenvalue weighted by atomic mass is 10.0. The van der Waals surface area contributed by atoms with Gasteiger partial charge in [0.2, 0.25) is 10.8 Å². The molecule has 2 heterocycles. The minimum Gasteiger partial charge on any atom is -0.304 e. The van der Waals surface area contributed by atoms with Gasteiger partial charge in [0.1, 0.15) is 5.82 Å². The van der Waals surface area contributed by atoms with Gasteiger partial charge in [0, 0.05) is 22.9 Å². The van der Waals surface area contributed by atoms with Crippen molar-refractivity contribution in [2.24, 2.45) is 0 Å². The Labute approximate surface area is 180 Å². The van der Waals surface area contributed by atoms with Crippen LogP contribution >= 0.6 is 11.8 Å². The first-order valence-electron chi connectivity index (χ1n) is 9.50. The van der Waals surface area contributed by atoms with E-state index in [-0.39, 0.29) is 18.0 Å². The third kappa shape index (κ3) is 2.85. The van der Waals surface area contributed by atoms with Crippen molar-refractivity contribution in [3.05, 3.63) is 95.3 Å². The molecule has 1 spiro atoms. The summed E-state index contributed by atoms with van der Waals surface area (Å²) in [6, 6.07) is 16.2. The van der Waals surface area contributed by atoms with Crippen molar-refractivity contribution < 1.29 is 22.8 Å². The second-order valence-corrected chi connectivity index (χ2v) is 8.43. The van der Waals surface area contributed by atoms with Gasteiger partial charge in [-0.25, -0.2) is 13.2 Å². The molecular weight excluding hydrogens is 425 g/mol. The average molecular weight is 440 g/mol. The van der Waals surface area contributed by atoms with Crippen LogP contribution in [0.25, 0.3) is 0 Å². The number of thioether (sulfide) groups is 1. The summed E-state index contributed by atoms with van der Waals surface area (Å²) in [6.07, 6.45) is 0. The van der Waals surface area contributed by atoms with E-state index in [9.17, 15) is 22.8 Å². The number of fused-ring (bicyclic) bond motifs is 2. The van der Waals surface area contributed by atoms with Crippen molar-refractivity contribution in [2.75, 3.05) is 15.6 Å². The van der Waals surface area contributed by atoms with Gasteiger partial charge in [0.05, 0.1) is 18.0 Å². The predicted molar refractivity (Wildman–Crippen MR) is 112 cm³/mol. The molecule has 31 heavy (non-hydrogen) atoms. The van der Waals surface area contributed by atoms with Crippen LogP contribution in [0.2, 0.25) is 0 Å². The van der Waals surface area contributed by atoms with E-state index in [2.05, 4.69) is 0 Å². The van der Waals surface area contributed by atoms with E-state index in [1.807, 2.05) is 0 Å². The highest BCUT2D eigenvalue weighted by molar-refractivity contribution is 8.02.